The van der Waals surface area contributed by atoms with Gasteiger partial charge < -0.3 is 19.9 Å². The van der Waals surface area contributed by atoms with Crippen molar-refractivity contribution in [1.29, 1.82) is 0 Å². The summed E-state index contributed by atoms with van der Waals surface area (Å²) in [6.45, 7) is 4.80. The zero-order chi connectivity index (χ0) is 18.8. The zero-order valence-electron chi connectivity index (χ0n) is 15.9. The van der Waals surface area contributed by atoms with Crippen LogP contribution in [0.1, 0.15) is 30.1 Å². The maximum absolute atomic E-state index is 12.3. The molecule has 1 saturated carbocycles. The average Bonchev–Trinajstić information content (AvgIpc) is 3.52. The number of aromatic nitrogens is 1. The lowest BCUT2D eigenvalue weighted by Gasteiger charge is -2.42. The van der Waals surface area contributed by atoms with Gasteiger partial charge in [0.05, 0.1) is 12.8 Å². The molecule has 1 aromatic heterocycles. The number of methoxy groups -OCH3 is 1. The predicted octanol–water partition coefficient (Wildman–Crippen LogP) is 2.70. The van der Waals surface area contributed by atoms with Crippen LogP contribution in [0, 0.1) is 0 Å². The van der Waals surface area contributed by atoms with E-state index < -0.39 is 0 Å². The molecule has 1 saturated heterocycles. The molecule has 1 aliphatic heterocycles. The Balaban J connectivity index is 1.47. The summed E-state index contributed by atoms with van der Waals surface area (Å²) < 4.78 is 5.51. The maximum atomic E-state index is 12.3. The largest absolute Gasteiger partial charge is 0.495 e. The molecule has 0 radical (unpaired) electrons. The number of carbonyl (C=O) groups excluding carboxylic acids is 1. The summed E-state index contributed by atoms with van der Waals surface area (Å²) in [7, 11) is 1.71. The Bertz CT molecular complexity index is 821. The van der Waals surface area contributed by atoms with E-state index in [1.165, 1.54) is 0 Å². The van der Waals surface area contributed by atoms with Crippen molar-refractivity contribution in [1.82, 2.24) is 10.3 Å². The Morgan fingerprint density at radius 3 is 2.78 bits per heavy atom. The van der Waals surface area contributed by atoms with Crippen LogP contribution in [0.15, 0.2) is 42.6 Å². The highest BCUT2D eigenvalue weighted by Crippen LogP contribution is 2.30. The summed E-state index contributed by atoms with van der Waals surface area (Å²) in [5, 5.41) is 3.05. The third kappa shape index (κ3) is 3.84. The smallest absolute Gasteiger partial charge is 0.251 e. The Morgan fingerprint density at radius 1 is 1.22 bits per heavy atom. The van der Waals surface area contributed by atoms with E-state index >= 15 is 0 Å². The van der Waals surface area contributed by atoms with Gasteiger partial charge in [-0.2, -0.15) is 0 Å². The molecule has 1 amide bonds. The number of piperazine rings is 1. The Hall–Kier alpha value is -2.76. The van der Waals surface area contributed by atoms with E-state index in [4.69, 9.17) is 4.74 Å². The number of carbonyl (C=O) groups is 1. The van der Waals surface area contributed by atoms with Crippen LogP contribution in [-0.2, 0) is 0 Å². The molecule has 6 nitrogen and oxygen atoms in total. The molecule has 2 aromatic rings. The summed E-state index contributed by atoms with van der Waals surface area (Å²) in [6.07, 6.45) is 3.91. The molecule has 1 N–H and O–H groups in total. The third-order valence-electron chi connectivity index (χ3n) is 5.27. The fraction of sp³-hybridized carbons (Fsp3) is 0.429. The minimum absolute atomic E-state index is 0.00135. The van der Waals surface area contributed by atoms with E-state index in [1.54, 1.807) is 19.4 Å². The minimum Gasteiger partial charge on any atom is -0.495 e. The molecule has 142 valence electrons. The van der Waals surface area contributed by atoms with Gasteiger partial charge in [-0.05, 0) is 44.0 Å². The number of nitrogens with zero attached hydrogens (tertiary/aromatic N) is 3. The lowest BCUT2D eigenvalue weighted by atomic mass is 10.1. The number of hydrogen-bond donors (Lipinski definition) is 1. The Morgan fingerprint density at radius 2 is 2.04 bits per heavy atom. The fourth-order valence-corrected chi connectivity index (χ4v) is 3.62. The van der Waals surface area contributed by atoms with Crippen molar-refractivity contribution in [3.8, 4) is 5.75 Å². The molecule has 4 rings (SSSR count). The van der Waals surface area contributed by atoms with Crippen LogP contribution in [0.5, 0.6) is 5.75 Å². The molecular formula is C21H26N4O2. The van der Waals surface area contributed by atoms with Crippen LogP contribution >= 0.6 is 0 Å². The van der Waals surface area contributed by atoms with Gasteiger partial charge in [-0.1, -0.05) is 12.1 Å². The van der Waals surface area contributed by atoms with Gasteiger partial charge in [0, 0.05) is 43.5 Å². The number of hydrogen-bond acceptors (Lipinski definition) is 5. The minimum atomic E-state index is 0.00135. The van der Waals surface area contributed by atoms with Gasteiger partial charge in [0.1, 0.15) is 11.6 Å². The number of rotatable bonds is 5. The van der Waals surface area contributed by atoms with Crippen LogP contribution < -0.4 is 19.9 Å². The molecule has 0 unspecified atom stereocenters. The standard InChI is InChI=1S/C21H26N4O2/c1-15-14-24(18-5-3-4-6-19(18)27-2)11-12-25(15)20-13-16(9-10-22-20)21(26)23-17-7-8-17/h3-6,9-10,13,15,17H,7-8,11-12,14H2,1-2H3,(H,23,26)/t15-/m1/s1. The molecule has 2 heterocycles. The van der Waals surface area contributed by atoms with Crippen LogP contribution in [0.4, 0.5) is 11.5 Å². The van der Waals surface area contributed by atoms with Gasteiger partial charge in [0.15, 0.2) is 0 Å². The number of benzene rings is 1. The molecule has 6 heteroatoms. The van der Waals surface area contributed by atoms with Gasteiger partial charge in [0.2, 0.25) is 0 Å². The quantitative estimate of drug-likeness (QED) is 0.882. The van der Waals surface area contributed by atoms with Crippen molar-refractivity contribution >= 4 is 17.4 Å². The number of amides is 1. The summed E-state index contributed by atoms with van der Waals surface area (Å²) >= 11 is 0. The van der Waals surface area contributed by atoms with Crippen molar-refractivity contribution < 1.29 is 9.53 Å². The van der Waals surface area contributed by atoms with E-state index in [0.717, 1.165) is 49.7 Å². The molecule has 27 heavy (non-hydrogen) atoms. The summed E-state index contributed by atoms with van der Waals surface area (Å²) in [6, 6.07) is 12.5. The second-order valence-corrected chi connectivity index (χ2v) is 7.31. The summed E-state index contributed by atoms with van der Waals surface area (Å²) in [5.41, 5.74) is 1.81. The molecular weight excluding hydrogens is 340 g/mol. The third-order valence-corrected chi connectivity index (χ3v) is 5.27. The lowest BCUT2D eigenvalue weighted by Crippen LogP contribution is -2.52. The number of anilines is 2. The fourth-order valence-electron chi connectivity index (χ4n) is 3.62. The zero-order valence-corrected chi connectivity index (χ0v) is 15.9. The molecule has 0 bridgehead atoms. The topological polar surface area (TPSA) is 57.7 Å². The van der Waals surface area contributed by atoms with Gasteiger partial charge in [-0.15, -0.1) is 0 Å². The van der Waals surface area contributed by atoms with Gasteiger partial charge in [-0.3, -0.25) is 4.79 Å². The second kappa shape index (κ2) is 7.47. The van der Waals surface area contributed by atoms with Gasteiger partial charge >= 0.3 is 0 Å². The SMILES string of the molecule is COc1ccccc1N1CCN(c2cc(C(=O)NC3CC3)ccn2)[C@H](C)C1. The first-order valence-corrected chi connectivity index (χ1v) is 9.57. The second-order valence-electron chi connectivity index (χ2n) is 7.31. The first kappa shape index (κ1) is 17.6. The molecule has 1 aromatic carbocycles. The lowest BCUT2D eigenvalue weighted by molar-refractivity contribution is 0.0951. The van der Waals surface area contributed by atoms with Crippen molar-refractivity contribution in [3.05, 3.63) is 48.2 Å². The van der Waals surface area contributed by atoms with Crippen molar-refractivity contribution in [2.45, 2.75) is 31.8 Å². The number of nitrogens with one attached hydrogen (secondary N) is 1. The normalized spacial score (nSPS) is 19.7. The highest BCUT2D eigenvalue weighted by molar-refractivity contribution is 5.95. The number of pyridine rings is 1. The van der Waals surface area contributed by atoms with Crippen LogP contribution in [0.2, 0.25) is 0 Å². The maximum Gasteiger partial charge on any atom is 0.251 e. The van der Waals surface area contributed by atoms with Crippen LogP contribution in [0.25, 0.3) is 0 Å². The molecule has 1 atom stereocenters. The monoisotopic (exact) mass is 366 g/mol. The average molecular weight is 366 g/mol. The van der Waals surface area contributed by atoms with Crippen molar-refractivity contribution in [2.24, 2.45) is 0 Å². The number of ether oxygens (including phenoxy) is 1. The Labute approximate surface area is 160 Å². The van der Waals surface area contributed by atoms with Gasteiger partial charge in [0.25, 0.3) is 5.91 Å². The highest BCUT2D eigenvalue weighted by atomic mass is 16.5. The van der Waals surface area contributed by atoms with E-state index in [9.17, 15) is 4.79 Å². The molecule has 0 spiro atoms. The molecule has 1 aliphatic carbocycles. The predicted molar refractivity (Wildman–Crippen MR) is 107 cm³/mol. The van der Waals surface area contributed by atoms with Gasteiger partial charge in [-0.25, -0.2) is 4.98 Å². The highest BCUT2D eigenvalue weighted by Gasteiger charge is 2.27. The van der Waals surface area contributed by atoms with Crippen molar-refractivity contribution in [3.63, 3.8) is 0 Å². The first-order valence-electron chi connectivity index (χ1n) is 9.57. The molecule has 2 fully saturated rings. The molecule has 2 aliphatic rings. The van der Waals surface area contributed by atoms with E-state index in [2.05, 4.69) is 33.1 Å². The Kier molecular flexibility index (Phi) is 4.88. The van der Waals surface area contributed by atoms with Crippen LogP contribution in [0.3, 0.4) is 0 Å². The number of para-hydroxylation sites is 2. The van der Waals surface area contributed by atoms with Crippen LogP contribution in [-0.4, -0.2) is 49.7 Å². The summed E-state index contributed by atoms with van der Waals surface area (Å²) in [4.78, 5) is 21.5. The van der Waals surface area contributed by atoms with E-state index in [-0.39, 0.29) is 11.9 Å². The van der Waals surface area contributed by atoms with Crippen molar-refractivity contribution in [2.75, 3.05) is 36.5 Å². The summed E-state index contributed by atoms with van der Waals surface area (Å²) in [5.74, 6) is 1.77. The van der Waals surface area contributed by atoms with E-state index in [1.807, 2.05) is 24.3 Å². The van der Waals surface area contributed by atoms with E-state index in [0.29, 0.717) is 11.6 Å². The first-order chi connectivity index (χ1) is 13.2.